The number of nitrogens with zero attached hydrogens (tertiary/aromatic N) is 2. The molecule has 0 atom stereocenters. The fourth-order valence-electron chi connectivity index (χ4n) is 1.64. The van der Waals surface area contributed by atoms with Gasteiger partial charge < -0.3 is 5.32 Å². The van der Waals surface area contributed by atoms with Gasteiger partial charge in [0.25, 0.3) is 0 Å². The van der Waals surface area contributed by atoms with Crippen LogP contribution in [0.4, 0.5) is 5.82 Å². The van der Waals surface area contributed by atoms with Gasteiger partial charge in [0.2, 0.25) is 0 Å². The predicted octanol–water partition coefficient (Wildman–Crippen LogP) is 4.69. The first-order valence-corrected chi connectivity index (χ1v) is 7.60. The second kappa shape index (κ2) is 5.99. The minimum Gasteiger partial charge on any atom is -0.365 e. The van der Waals surface area contributed by atoms with Crippen molar-refractivity contribution < 1.29 is 0 Å². The predicted molar refractivity (Wildman–Crippen MR) is 80.5 cm³/mol. The fourth-order valence-corrected chi connectivity index (χ4v) is 3.39. The van der Waals surface area contributed by atoms with Gasteiger partial charge in [-0.25, -0.2) is 9.97 Å². The lowest BCUT2D eigenvalue weighted by Gasteiger charge is -2.13. The largest absolute Gasteiger partial charge is 0.365 e. The number of rotatable bonds is 4. The van der Waals surface area contributed by atoms with Crippen LogP contribution in [0.15, 0.2) is 22.2 Å². The molecule has 3 nitrogen and oxygen atoms in total. The zero-order valence-corrected chi connectivity index (χ0v) is 13.2. The molecule has 0 aliphatic carbocycles. The summed E-state index contributed by atoms with van der Waals surface area (Å²) in [5.74, 6) is 1.10. The molecule has 0 aliphatic rings. The molecular formula is C12H13BrClN3S. The van der Waals surface area contributed by atoms with Crippen LogP contribution in [-0.2, 0) is 6.54 Å². The van der Waals surface area contributed by atoms with E-state index in [1.807, 2.05) is 0 Å². The quantitative estimate of drug-likeness (QED) is 0.816. The molecule has 0 unspecified atom stereocenters. The van der Waals surface area contributed by atoms with E-state index in [0.717, 1.165) is 22.4 Å². The first-order chi connectivity index (χ1) is 8.58. The summed E-state index contributed by atoms with van der Waals surface area (Å²) in [5, 5.41) is 5.90. The molecule has 0 spiro atoms. The molecule has 1 N–H and O–H groups in total. The van der Waals surface area contributed by atoms with Crippen molar-refractivity contribution in [2.24, 2.45) is 0 Å². The Labute approximate surface area is 124 Å². The maximum atomic E-state index is 6.11. The zero-order chi connectivity index (χ0) is 13.1. The van der Waals surface area contributed by atoms with Crippen LogP contribution in [0.25, 0.3) is 0 Å². The van der Waals surface area contributed by atoms with E-state index in [0.29, 0.717) is 5.15 Å². The summed E-state index contributed by atoms with van der Waals surface area (Å²) in [6.07, 6.45) is 1.49. The van der Waals surface area contributed by atoms with Crippen molar-refractivity contribution in [3.05, 3.63) is 37.8 Å². The number of nitrogens with one attached hydrogen (secondary N) is 1. The molecule has 2 aromatic heterocycles. The average molecular weight is 347 g/mol. The van der Waals surface area contributed by atoms with Gasteiger partial charge >= 0.3 is 0 Å². The number of hydrogen-bond donors (Lipinski definition) is 1. The monoisotopic (exact) mass is 345 g/mol. The molecular weight excluding hydrogens is 334 g/mol. The first kappa shape index (κ1) is 13.8. The van der Waals surface area contributed by atoms with E-state index in [1.54, 1.807) is 11.3 Å². The minimum atomic E-state index is 0.288. The molecule has 0 saturated heterocycles. The van der Waals surface area contributed by atoms with Crippen LogP contribution < -0.4 is 5.32 Å². The summed E-state index contributed by atoms with van der Waals surface area (Å²) >= 11 is 11.3. The van der Waals surface area contributed by atoms with Crippen molar-refractivity contribution in [3.8, 4) is 0 Å². The first-order valence-electron chi connectivity index (χ1n) is 5.55. The van der Waals surface area contributed by atoms with E-state index in [4.69, 9.17) is 11.6 Å². The zero-order valence-electron chi connectivity index (χ0n) is 10.1. The summed E-state index contributed by atoms with van der Waals surface area (Å²) in [4.78, 5) is 9.54. The molecule has 2 rings (SSSR count). The molecule has 0 radical (unpaired) electrons. The second-order valence-electron chi connectivity index (χ2n) is 4.17. The van der Waals surface area contributed by atoms with E-state index in [-0.39, 0.29) is 5.92 Å². The Morgan fingerprint density at radius 1 is 1.44 bits per heavy atom. The van der Waals surface area contributed by atoms with E-state index < -0.39 is 0 Å². The topological polar surface area (TPSA) is 37.8 Å². The van der Waals surface area contributed by atoms with Gasteiger partial charge in [-0.3, -0.25) is 0 Å². The van der Waals surface area contributed by atoms with E-state index in [2.05, 4.69) is 56.5 Å². The van der Waals surface area contributed by atoms with Gasteiger partial charge in [0, 0.05) is 20.3 Å². The lowest BCUT2D eigenvalue weighted by atomic mass is 10.1. The van der Waals surface area contributed by atoms with Crippen molar-refractivity contribution in [3.63, 3.8) is 0 Å². The smallest absolute Gasteiger partial charge is 0.138 e. The van der Waals surface area contributed by atoms with Gasteiger partial charge in [0.15, 0.2) is 0 Å². The third kappa shape index (κ3) is 3.22. The van der Waals surface area contributed by atoms with Crippen molar-refractivity contribution in [2.75, 3.05) is 5.32 Å². The maximum Gasteiger partial charge on any atom is 0.138 e. The van der Waals surface area contributed by atoms with Gasteiger partial charge in [-0.05, 0) is 27.9 Å². The molecule has 2 aromatic rings. The number of halogens is 2. The highest BCUT2D eigenvalue weighted by molar-refractivity contribution is 9.10. The van der Waals surface area contributed by atoms with Crippen LogP contribution in [0.3, 0.4) is 0 Å². The summed E-state index contributed by atoms with van der Waals surface area (Å²) in [6, 6.07) is 2.09. The molecule has 0 aromatic carbocycles. The van der Waals surface area contributed by atoms with Crippen LogP contribution in [0.1, 0.15) is 30.2 Å². The molecule has 0 saturated carbocycles. The highest BCUT2D eigenvalue weighted by Crippen LogP contribution is 2.28. The second-order valence-corrected chi connectivity index (χ2v) is 6.44. The van der Waals surface area contributed by atoms with Crippen molar-refractivity contribution in [1.82, 2.24) is 9.97 Å². The minimum absolute atomic E-state index is 0.288. The fraction of sp³-hybridized carbons (Fsp3) is 0.333. The van der Waals surface area contributed by atoms with Gasteiger partial charge in [-0.15, -0.1) is 11.3 Å². The van der Waals surface area contributed by atoms with Crippen LogP contribution in [-0.4, -0.2) is 9.97 Å². The standard InChI is InChI=1S/C12H13BrClN3S/c1-7(2)10-11(14)16-6-17-12(10)15-4-9-3-8(13)5-18-9/h3,5-7H,4H2,1-2H3,(H,15,16,17). The Hall–Kier alpha value is -0.650. The lowest BCUT2D eigenvalue weighted by Crippen LogP contribution is -2.06. The number of thiophene rings is 1. The normalized spacial score (nSPS) is 10.9. The van der Waals surface area contributed by atoms with Gasteiger partial charge in [-0.1, -0.05) is 25.4 Å². The third-order valence-electron chi connectivity index (χ3n) is 2.46. The molecule has 0 aliphatic heterocycles. The molecule has 96 valence electrons. The van der Waals surface area contributed by atoms with Crippen LogP contribution in [0, 0.1) is 0 Å². The third-order valence-corrected chi connectivity index (χ3v) is 4.46. The SMILES string of the molecule is CC(C)c1c(Cl)ncnc1NCc1cc(Br)cs1. The van der Waals surface area contributed by atoms with Crippen LogP contribution in [0.5, 0.6) is 0 Å². The van der Waals surface area contributed by atoms with E-state index >= 15 is 0 Å². The molecule has 18 heavy (non-hydrogen) atoms. The summed E-state index contributed by atoms with van der Waals surface area (Å²) in [6.45, 7) is 4.90. The van der Waals surface area contributed by atoms with Crippen LogP contribution in [0.2, 0.25) is 5.15 Å². The maximum absolute atomic E-state index is 6.11. The number of aromatic nitrogens is 2. The van der Waals surface area contributed by atoms with Gasteiger partial charge in [-0.2, -0.15) is 0 Å². The highest BCUT2D eigenvalue weighted by atomic mass is 79.9. The highest BCUT2D eigenvalue weighted by Gasteiger charge is 2.13. The number of anilines is 1. The van der Waals surface area contributed by atoms with Gasteiger partial charge in [0.1, 0.15) is 17.3 Å². The van der Waals surface area contributed by atoms with Crippen molar-refractivity contribution >= 4 is 44.7 Å². The van der Waals surface area contributed by atoms with E-state index in [1.165, 1.54) is 11.2 Å². The molecule has 0 fully saturated rings. The Kier molecular flexibility index (Phi) is 4.59. The molecule has 0 bridgehead atoms. The van der Waals surface area contributed by atoms with Crippen molar-refractivity contribution in [2.45, 2.75) is 26.3 Å². The Morgan fingerprint density at radius 3 is 2.83 bits per heavy atom. The summed E-state index contributed by atoms with van der Waals surface area (Å²) < 4.78 is 1.11. The van der Waals surface area contributed by atoms with Crippen LogP contribution >= 0.6 is 38.9 Å². The Morgan fingerprint density at radius 2 is 2.22 bits per heavy atom. The van der Waals surface area contributed by atoms with Crippen molar-refractivity contribution in [1.29, 1.82) is 0 Å². The molecule has 2 heterocycles. The number of hydrogen-bond acceptors (Lipinski definition) is 4. The summed E-state index contributed by atoms with van der Waals surface area (Å²) in [5.41, 5.74) is 0.967. The molecule has 0 amide bonds. The Balaban J connectivity index is 2.16. The van der Waals surface area contributed by atoms with E-state index in [9.17, 15) is 0 Å². The average Bonchev–Trinajstić information content (AvgIpc) is 2.72. The summed E-state index contributed by atoms with van der Waals surface area (Å²) in [7, 11) is 0. The van der Waals surface area contributed by atoms with Gasteiger partial charge in [0.05, 0.1) is 6.54 Å². The molecule has 6 heteroatoms. The Bertz CT molecular complexity index is 542. The lowest BCUT2D eigenvalue weighted by molar-refractivity contribution is 0.845.